The topological polar surface area (TPSA) is 58.6 Å². The molecule has 2 aromatic carbocycles. The van der Waals surface area contributed by atoms with E-state index in [1.807, 2.05) is 41.3 Å². The molecule has 1 N–H and O–H groups in total. The summed E-state index contributed by atoms with van der Waals surface area (Å²) in [4.78, 5) is 28.7. The van der Waals surface area contributed by atoms with Gasteiger partial charge in [-0.1, -0.05) is 68.3 Å². The number of nitrogens with zero attached hydrogens (tertiary/aromatic N) is 1. The van der Waals surface area contributed by atoms with Crippen LogP contribution >= 0.6 is 11.6 Å². The van der Waals surface area contributed by atoms with E-state index in [0.717, 1.165) is 43.4 Å². The molecule has 1 atom stereocenters. The molecule has 2 aliphatic rings. The lowest BCUT2D eigenvalue weighted by Gasteiger charge is -2.42. The number of para-hydroxylation sites is 1. The monoisotopic (exact) mass is 524 g/mol. The number of aryl methyl sites for hydroxylation is 2. The van der Waals surface area contributed by atoms with Crippen molar-refractivity contribution in [2.75, 3.05) is 19.7 Å². The first kappa shape index (κ1) is 27.5. The molecule has 0 aromatic heterocycles. The SMILES string of the molecule is CC(C)C[C@H]1COc2ccccc2CCCCC2(CCN(C(=O)CCc3ccccc3Cl)CC2)C(=O)N1. The Morgan fingerprint density at radius 2 is 1.81 bits per heavy atom. The molecule has 37 heavy (non-hydrogen) atoms. The zero-order chi connectivity index (χ0) is 26.3. The predicted molar refractivity (Wildman–Crippen MR) is 149 cm³/mol. The van der Waals surface area contributed by atoms with Crippen LogP contribution in [0, 0.1) is 11.3 Å². The predicted octanol–water partition coefficient (Wildman–Crippen LogP) is 6.22. The third-order valence-corrected chi connectivity index (χ3v) is 8.34. The normalized spacial score (nSPS) is 20.4. The summed E-state index contributed by atoms with van der Waals surface area (Å²) in [6, 6.07) is 15.9. The highest BCUT2D eigenvalue weighted by atomic mass is 35.5. The largest absolute Gasteiger partial charge is 0.491 e. The lowest BCUT2D eigenvalue weighted by atomic mass is 9.73. The molecule has 0 bridgehead atoms. The summed E-state index contributed by atoms with van der Waals surface area (Å²) in [6.07, 6.45) is 7.19. The summed E-state index contributed by atoms with van der Waals surface area (Å²) >= 11 is 6.28. The Morgan fingerprint density at radius 3 is 2.57 bits per heavy atom. The Morgan fingerprint density at radius 1 is 1.08 bits per heavy atom. The highest BCUT2D eigenvalue weighted by Crippen LogP contribution is 2.38. The number of likely N-dealkylation sites (tertiary alicyclic amines) is 1. The van der Waals surface area contributed by atoms with Crippen molar-refractivity contribution in [3.05, 3.63) is 64.7 Å². The van der Waals surface area contributed by atoms with Gasteiger partial charge in [0, 0.05) is 24.5 Å². The molecule has 0 unspecified atom stereocenters. The van der Waals surface area contributed by atoms with Crippen LogP contribution in [-0.4, -0.2) is 42.5 Å². The Kier molecular flexibility index (Phi) is 9.53. The lowest BCUT2D eigenvalue weighted by molar-refractivity contribution is -0.141. The third-order valence-electron chi connectivity index (χ3n) is 7.98. The number of carbonyl (C=O) groups is 2. The summed E-state index contributed by atoms with van der Waals surface area (Å²) in [5.74, 6) is 1.67. The number of carbonyl (C=O) groups excluding carboxylic acids is 2. The number of hydrogen-bond acceptors (Lipinski definition) is 3. The van der Waals surface area contributed by atoms with Gasteiger partial charge < -0.3 is 15.0 Å². The molecule has 0 radical (unpaired) electrons. The quantitative estimate of drug-likeness (QED) is 0.505. The number of ether oxygens (including phenoxy) is 1. The number of halogens is 1. The number of fused-ring (bicyclic) bond motifs is 1. The Hall–Kier alpha value is -2.53. The smallest absolute Gasteiger partial charge is 0.226 e. The fourth-order valence-electron chi connectivity index (χ4n) is 5.77. The van der Waals surface area contributed by atoms with Gasteiger partial charge in [-0.3, -0.25) is 9.59 Å². The number of amides is 2. The van der Waals surface area contributed by atoms with Crippen LogP contribution in [0.5, 0.6) is 5.75 Å². The van der Waals surface area contributed by atoms with E-state index < -0.39 is 5.41 Å². The number of rotatable bonds is 5. The van der Waals surface area contributed by atoms with E-state index in [4.69, 9.17) is 16.3 Å². The third kappa shape index (κ3) is 7.28. The van der Waals surface area contributed by atoms with E-state index in [9.17, 15) is 9.59 Å². The van der Waals surface area contributed by atoms with Crippen molar-refractivity contribution < 1.29 is 14.3 Å². The number of nitrogens with one attached hydrogen (secondary N) is 1. The molecule has 6 heteroatoms. The van der Waals surface area contributed by atoms with Crippen molar-refractivity contribution in [1.29, 1.82) is 0 Å². The zero-order valence-corrected chi connectivity index (χ0v) is 23.1. The van der Waals surface area contributed by atoms with Gasteiger partial charge >= 0.3 is 0 Å². The van der Waals surface area contributed by atoms with Crippen molar-refractivity contribution >= 4 is 23.4 Å². The van der Waals surface area contributed by atoms with E-state index in [1.54, 1.807) is 0 Å². The van der Waals surface area contributed by atoms with E-state index in [0.29, 0.717) is 56.3 Å². The number of benzene rings is 2. The van der Waals surface area contributed by atoms with Gasteiger partial charge in [-0.15, -0.1) is 0 Å². The van der Waals surface area contributed by atoms with Crippen LogP contribution in [0.3, 0.4) is 0 Å². The highest BCUT2D eigenvalue weighted by Gasteiger charge is 2.42. The molecule has 0 aliphatic carbocycles. The van der Waals surface area contributed by atoms with Gasteiger partial charge in [0.25, 0.3) is 0 Å². The minimum Gasteiger partial charge on any atom is -0.491 e. The first-order valence-corrected chi connectivity index (χ1v) is 14.3. The van der Waals surface area contributed by atoms with Crippen molar-refractivity contribution in [3.8, 4) is 5.75 Å². The van der Waals surface area contributed by atoms with Crippen LogP contribution in [0.4, 0.5) is 0 Å². The maximum atomic E-state index is 13.8. The second-order valence-electron chi connectivity index (χ2n) is 11.2. The lowest BCUT2D eigenvalue weighted by Crippen LogP contribution is -2.53. The van der Waals surface area contributed by atoms with Crippen LogP contribution in [0.15, 0.2) is 48.5 Å². The summed E-state index contributed by atoms with van der Waals surface area (Å²) in [7, 11) is 0. The molecule has 1 spiro atoms. The average Bonchev–Trinajstić information content (AvgIpc) is 2.89. The van der Waals surface area contributed by atoms with Gasteiger partial charge in [0.15, 0.2) is 0 Å². The van der Waals surface area contributed by atoms with Crippen LogP contribution in [0.2, 0.25) is 5.02 Å². The molecule has 1 fully saturated rings. The molecule has 2 amide bonds. The minimum atomic E-state index is -0.423. The standard InChI is InChI=1S/C31H41ClN2O3/c1-23(2)21-26-22-37-28-13-6-4-10-25(28)11-7-8-16-31(30(36)33-26)17-19-34(20-18-31)29(35)15-14-24-9-3-5-12-27(24)32/h3-6,9-10,12-13,23,26H,7-8,11,14-22H2,1-2H3,(H,33,36)/t26-/m0/s1. The number of hydrogen-bond donors (Lipinski definition) is 1. The van der Waals surface area contributed by atoms with Gasteiger partial charge in [0.05, 0.1) is 11.5 Å². The van der Waals surface area contributed by atoms with Crippen LogP contribution in [0.25, 0.3) is 0 Å². The molecule has 4 rings (SSSR count). The van der Waals surface area contributed by atoms with E-state index in [1.165, 1.54) is 5.56 Å². The Labute approximate surface area is 226 Å². The Bertz CT molecular complexity index is 1060. The fourth-order valence-corrected chi connectivity index (χ4v) is 6.00. The molecule has 5 nitrogen and oxygen atoms in total. The second kappa shape index (κ2) is 12.8. The molecule has 0 saturated carbocycles. The van der Waals surface area contributed by atoms with Gasteiger partial charge in [-0.25, -0.2) is 0 Å². The number of piperidine rings is 1. The summed E-state index contributed by atoms with van der Waals surface area (Å²) in [5.41, 5.74) is 1.82. The second-order valence-corrected chi connectivity index (χ2v) is 11.6. The zero-order valence-electron chi connectivity index (χ0n) is 22.3. The molecule has 2 aliphatic heterocycles. The minimum absolute atomic E-state index is 0.0351. The van der Waals surface area contributed by atoms with Crippen molar-refractivity contribution in [2.45, 2.75) is 77.7 Å². The molecular formula is C31H41ClN2O3. The average molecular weight is 525 g/mol. The van der Waals surface area contributed by atoms with E-state index in [-0.39, 0.29) is 17.9 Å². The van der Waals surface area contributed by atoms with Crippen molar-refractivity contribution in [2.24, 2.45) is 11.3 Å². The van der Waals surface area contributed by atoms with Crippen LogP contribution < -0.4 is 10.1 Å². The summed E-state index contributed by atoms with van der Waals surface area (Å²) < 4.78 is 6.24. The molecule has 2 heterocycles. The first-order valence-electron chi connectivity index (χ1n) is 13.9. The van der Waals surface area contributed by atoms with Crippen molar-refractivity contribution in [3.63, 3.8) is 0 Å². The highest BCUT2D eigenvalue weighted by molar-refractivity contribution is 6.31. The van der Waals surface area contributed by atoms with Gasteiger partial charge in [0.2, 0.25) is 11.8 Å². The van der Waals surface area contributed by atoms with Gasteiger partial charge in [0.1, 0.15) is 12.4 Å². The van der Waals surface area contributed by atoms with Gasteiger partial charge in [-0.05, 0) is 74.1 Å². The molecule has 1 saturated heterocycles. The maximum absolute atomic E-state index is 13.8. The van der Waals surface area contributed by atoms with Crippen molar-refractivity contribution in [1.82, 2.24) is 10.2 Å². The molecule has 2 aromatic rings. The summed E-state index contributed by atoms with van der Waals surface area (Å²) in [6.45, 7) is 6.09. The van der Waals surface area contributed by atoms with Gasteiger partial charge in [-0.2, -0.15) is 0 Å². The van der Waals surface area contributed by atoms with E-state index >= 15 is 0 Å². The Balaban J connectivity index is 1.42. The van der Waals surface area contributed by atoms with Crippen LogP contribution in [0.1, 0.15) is 69.9 Å². The van der Waals surface area contributed by atoms with Crippen LogP contribution in [-0.2, 0) is 22.4 Å². The first-order chi connectivity index (χ1) is 17.9. The maximum Gasteiger partial charge on any atom is 0.226 e. The van der Waals surface area contributed by atoms with E-state index in [2.05, 4.69) is 31.3 Å². The summed E-state index contributed by atoms with van der Waals surface area (Å²) in [5, 5.41) is 4.08. The molecular weight excluding hydrogens is 484 g/mol. The molecule has 200 valence electrons. The fraction of sp³-hybridized carbons (Fsp3) is 0.548.